The lowest BCUT2D eigenvalue weighted by molar-refractivity contribution is 0.101. The fourth-order valence-electron chi connectivity index (χ4n) is 4.14. The Morgan fingerprint density at radius 1 is 0.789 bits per heavy atom. The summed E-state index contributed by atoms with van der Waals surface area (Å²) in [6, 6.07) is 20.5. The second kappa shape index (κ2) is 10.4. The van der Waals surface area contributed by atoms with Gasteiger partial charge in [-0.25, -0.2) is 0 Å². The van der Waals surface area contributed by atoms with Crippen molar-refractivity contribution in [2.75, 3.05) is 10.6 Å². The number of fused-ring (bicyclic) bond motifs is 1. The van der Waals surface area contributed by atoms with Gasteiger partial charge in [-0.1, -0.05) is 42.5 Å². The average Bonchev–Trinajstić information content (AvgIpc) is 3.48. The minimum absolute atomic E-state index is 0.282. The molecular formula is C30H25N5O3. The van der Waals surface area contributed by atoms with Crippen LogP contribution in [0.15, 0.2) is 85.3 Å². The zero-order valence-electron chi connectivity index (χ0n) is 20.9. The SMILES string of the molecule is Cn1cc(NC(=O)c2cc(NC(=O)c3ccc(/C=C/c4cnc5ccccc5c4)cc3)cn2C)cc1C=O. The third-order valence-electron chi connectivity index (χ3n) is 6.17. The standard InChI is InChI=1S/C30H25N5O3/c1-34-17-24(14-26(34)19-36)33-30(38)28-15-25(18-35(28)2)32-29(37)22-11-9-20(10-12-22)7-8-21-13-23-5-3-4-6-27(23)31-16-21/h3-19H,1-2H3,(H,32,37)(H,33,38)/b8-7+. The Hall–Kier alpha value is -5.24. The Bertz CT molecular complexity index is 1690. The highest BCUT2D eigenvalue weighted by Gasteiger charge is 2.15. The van der Waals surface area contributed by atoms with Crippen LogP contribution in [-0.2, 0) is 14.1 Å². The van der Waals surface area contributed by atoms with Crippen LogP contribution in [0.4, 0.5) is 11.4 Å². The van der Waals surface area contributed by atoms with Crippen LogP contribution < -0.4 is 10.6 Å². The molecule has 3 aromatic heterocycles. The van der Waals surface area contributed by atoms with E-state index in [4.69, 9.17) is 0 Å². The zero-order chi connectivity index (χ0) is 26.6. The Labute approximate surface area is 219 Å². The molecule has 2 aromatic carbocycles. The molecule has 38 heavy (non-hydrogen) atoms. The number of aryl methyl sites for hydroxylation is 2. The molecular weight excluding hydrogens is 478 g/mol. The molecule has 8 heteroatoms. The number of nitrogens with zero attached hydrogens (tertiary/aromatic N) is 3. The molecule has 2 amide bonds. The van der Waals surface area contributed by atoms with Gasteiger partial charge in [0.05, 0.1) is 22.6 Å². The van der Waals surface area contributed by atoms with E-state index in [2.05, 4.69) is 21.7 Å². The quantitative estimate of drug-likeness (QED) is 0.291. The first-order valence-electron chi connectivity index (χ1n) is 11.9. The summed E-state index contributed by atoms with van der Waals surface area (Å²) in [7, 11) is 3.44. The van der Waals surface area contributed by atoms with Gasteiger partial charge >= 0.3 is 0 Å². The van der Waals surface area contributed by atoms with Gasteiger partial charge in [0, 0.05) is 43.6 Å². The van der Waals surface area contributed by atoms with Gasteiger partial charge in [0.2, 0.25) is 0 Å². The minimum atomic E-state index is -0.353. The third kappa shape index (κ3) is 5.29. The van der Waals surface area contributed by atoms with Crippen LogP contribution in [0.1, 0.15) is 42.5 Å². The molecule has 0 aliphatic rings. The second-order valence-electron chi connectivity index (χ2n) is 8.93. The molecule has 0 saturated heterocycles. The number of hydrogen-bond donors (Lipinski definition) is 2. The summed E-state index contributed by atoms with van der Waals surface area (Å²) < 4.78 is 3.25. The van der Waals surface area contributed by atoms with Crippen molar-refractivity contribution < 1.29 is 14.4 Å². The normalized spacial score (nSPS) is 11.1. The predicted octanol–water partition coefficient (Wildman–Crippen LogP) is 5.40. The van der Waals surface area contributed by atoms with Crippen molar-refractivity contribution in [3.05, 3.63) is 113 Å². The van der Waals surface area contributed by atoms with Crippen molar-refractivity contribution in [2.24, 2.45) is 14.1 Å². The number of rotatable bonds is 7. The number of carbonyl (C=O) groups excluding carboxylic acids is 3. The largest absolute Gasteiger partial charge is 0.346 e. The van der Waals surface area contributed by atoms with Crippen LogP contribution in [0, 0.1) is 0 Å². The van der Waals surface area contributed by atoms with Crippen LogP contribution in [0.3, 0.4) is 0 Å². The maximum absolute atomic E-state index is 12.8. The summed E-state index contributed by atoms with van der Waals surface area (Å²) in [5, 5.41) is 6.69. The van der Waals surface area contributed by atoms with Crippen LogP contribution in [0.2, 0.25) is 0 Å². The molecule has 188 valence electrons. The molecule has 0 saturated carbocycles. The lowest BCUT2D eigenvalue weighted by Gasteiger charge is -2.03. The highest BCUT2D eigenvalue weighted by molar-refractivity contribution is 6.07. The van der Waals surface area contributed by atoms with E-state index in [-0.39, 0.29) is 11.8 Å². The number of para-hydroxylation sites is 1. The van der Waals surface area contributed by atoms with E-state index in [1.54, 1.807) is 59.9 Å². The highest BCUT2D eigenvalue weighted by atomic mass is 16.2. The molecule has 8 nitrogen and oxygen atoms in total. The Morgan fingerprint density at radius 3 is 2.24 bits per heavy atom. The number of benzene rings is 2. The first-order valence-corrected chi connectivity index (χ1v) is 11.9. The van der Waals surface area contributed by atoms with Gasteiger partial charge in [-0.05, 0) is 47.5 Å². The molecule has 5 aromatic rings. The van der Waals surface area contributed by atoms with E-state index in [0.717, 1.165) is 28.3 Å². The molecule has 0 aliphatic heterocycles. The minimum Gasteiger partial charge on any atom is -0.346 e. The molecule has 0 radical (unpaired) electrons. The lowest BCUT2D eigenvalue weighted by atomic mass is 10.1. The molecule has 0 bridgehead atoms. The number of amides is 2. The highest BCUT2D eigenvalue weighted by Crippen LogP contribution is 2.19. The van der Waals surface area contributed by atoms with E-state index < -0.39 is 0 Å². The fraction of sp³-hybridized carbons (Fsp3) is 0.0667. The van der Waals surface area contributed by atoms with Gasteiger partial charge in [-0.2, -0.15) is 0 Å². The van der Waals surface area contributed by atoms with Gasteiger partial charge in [0.25, 0.3) is 11.8 Å². The Morgan fingerprint density at radius 2 is 1.47 bits per heavy atom. The van der Waals surface area contributed by atoms with Crippen LogP contribution in [0.5, 0.6) is 0 Å². The zero-order valence-corrected chi connectivity index (χ0v) is 20.9. The number of carbonyl (C=O) groups is 3. The topological polar surface area (TPSA) is 98.0 Å². The Kier molecular flexibility index (Phi) is 6.69. The van der Waals surface area contributed by atoms with Crippen molar-refractivity contribution in [2.45, 2.75) is 0 Å². The number of pyridine rings is 1. The van der Waals surface area contributed by atoms with Gasteiger partial charge in [0.1, 0.15) is 5.69 Å². The van der Waals surface area contributed by atoms with Crippen molar-refractivity contribution in [3.8, 4) is 0 Å². The molecule has 0 fully saturated rings. The van der Waals surface area contributed by atoms with Crippen molar-refractivity contribution in [3.63, 3.8) is 0 Å². The number of nitrogens with one attached hydrogen (secondary N) is 2. The lowest BCUT2D eigenvalue weighted by Crippen LogP contribution is -2.14. The van der Waals surface area contributed by atoms with Crippen molar-refractivity contribution >= 4 is 52.5 Å². The molecule has 2 N–H and O–H groups in total. The third-order valence-corrected chi connectivity index (χ3v) is 6.17. The summed E-state index contributed by atoms with van der Waals surface area (Å²) in [5.41, 5.74) is 5.21. The number of aromatic nitrogens is 3. The van der Waals surface area contributed by atoms with Crippen LogP contribution in [-0.4, -0.2) is 32.2 Å². The van der Waals surface area contributed by atoms with Gasteiger partial charge in [-0.15, -0.1) is 0 Å². The summed E-state index contributed by atoms with van der Waals surface area (Å²) in [4.78, 5) is 41.0. The van der Waals surface area contributed by atoms with E-state index in [1.807, 2.05) is 54.7 Å². The second-order valence-corrected chi connectivity index (χ2v) is 8.93. The van der Waals surface area contributed by atoms with E-state index >= 15 is 0 Å². The molecule has 3 heterocycles. The first-order chi connectivity index (χ1) is 18.4. The predicted molar refractivity (Wildman–Crippen MR) is 149 cm³/mol. The monoisotopic (exact) mass is 503 g/mol. The van der Waals surface area contributed by atoms with Crippen molar-refractivity contribution in [1.29, 1.82) is 0 Å². The molecule has 0 atom stereocenters. The van der Waals surface area contributed by atoms with Gasteiger partial charge in [0.15, 0.2) is 6.29 Å². The van der Waals surface area contributed by atoms with Crippen molar-refractivity contribution in [1.82, 2.24) is 14.1 Å². The summed E-state index contributed by atoms with van der Waals surface area (Å²) in [6.07, 6.45) is 9.84. The molecule has 0 unspecified atom stereocenters. The summed E-state index contributed by atoms with van der Waals surface area (Å²) >= 11 is 0. The van der Waals surface area contributed by atoms with Crippen LogP contribution in [0.25, 0.3) is 23.1 Å². The van der Waals surface area contributed by atoms with E-state index in [9.17, 15) is 14.4 Å². The number of hydrogen-bond acceptors (Lipinski definition) is 4. The number of anilines is 2. The summed E-state index contributed by atoms with van der Waals surface area (Å²) in [5.74, 6) is -0.635. The maximum atomic E-state index is 12.8. The average molecular weight is 504 g/mol. The first kappa shape index (κ1) is 24.5. The smallest absolute Gasteiger partial charge is 0.272 e. The fourth-order valence-corrected chi connectivity index (χ4v) is 4.14. The van der Waals surface area contributed by atoms with Crippen LogP contribution >= 0.6 is 0 Å². The molecule has 5 rings (SSSR count). The molecule has 0 aliphatic carbocycles. The Balaban J connectivity index is 1.22. The number of aldehydes is 1. The summed E-state index contributed by atoms with van der Waals surface area (Å²) in [6.45, 7) is 0. The van der Waals surface area contributed by atoms with Gasteiger partial charge in [-0.3, -0.25) is 19.4 Å². The van der Waals surface area contributed by atoms with Gasteiger partial charge < -0.3 is 19.8 Å². The van der Waals surface area contributed by atoms with E-state index in [0.29, 0.717) is 28.3 Å². The molecule has 0 spiro atoms. The maximum Gasteiger partial charge on any atom is 0.272 e. The van der Waals surface area contributed by atoms with E-state index in [1.165, 1.54) is 0 Å².